The summed E-state index contributed by atoms with van der Waals surface area (Å²) >= 11 is 1.54. The Morgan fingerprint density at radius 1 is 1.33 bits per heavy atom. The van der Waals surface area contributed by atoms with E-state index >= 15 is 0 Å². The van der Waals surface area contributed by atoms with Crippen molar-refractivity contribution in [2.45, 2.75) is 13.5 Å². The van der Waals surface area contributed by atoms with E-state index in [0.29, 0.717) is 12.2 Å². The Kier molecular flexibility index (Phi) is 3.79. The third kappa shape index (κ3) is 3.17. The van der Waals surface area contributed by atoms with Gasteiger partial charge in [-0.1, -0.05) is 30.3 Å². The smallest absolute Gasteiger partial charge is 0.269 e. The molecule has 2 N–H and O–H groups in total. The minimum absolute atomic E-state index is 0.183. The van der Waals surface area contributed by atoms with Crippen LogP contribution in [-0.2, 0) is 6.54 Å². The van der Waals surface area contributed by atoms with E-state index in [9.17, 15) is 4.79 Å². The minimum Gasteiger partial charge on any atom is -0.344 e. The molecule has 6 heteroatoms. The third-order valence-electron chi connectivity index (χ3n) is 2.96. The van der Waals surface area contributed by atoms with E-state index in [1.165, 1.54) is 11.3 Å². The molecule has 1 amide bonds. The summed E-state index contributed by atoms with van der Waals surface area (Å²) in [5.74, 6) is -0.183. The van der Waals surface area contributed by atoms with E-state index in [0.717, 1.165) is 22.0 Å². The van der Waals surface area contributed by atoms with Crippen molar-refractivity contribution in [3.8, 4) is 11.3 Å². The number of H-pyrrole nitrogens is 1. The van der Waals surface area contributed by atoms with Gasteiger partial charge in [-0.3, -0.25) is 9.89 Å². The maximum absolute atomic E-state index is 12.1. The molecule has 2 aromatic heterocycles. The summed E-state index contributed by atoms with van der Waals surface area (Å²) in [5.41, 5.74) is 3.15. The quantitative estimate of drug-likeness (QED) is 0.778. The lowest BCUT2D eigenvalue weighted by Gasteiger charge is -1.99. The van der Waals surface area contributed by atoms with Gasteiger partial charge in [0.2, 0.25) is 0 Å². The molecule has 5 nitrogen and oxygen atoms in total. The van der Waals surface area contributed by atoms with Crippen LogP contribution in [0.25, 0.3) is 11.3 Å². The molecule has 0 saturated heterocycles. The molecule has 0 radical (unpaired) electrons. The first kappa shape index (κ1) is 13.5. The lowest BCUT2D eigenvalue weighted by atomic mass is 10.1. The maximum atomic E-state index is 12.1. The Bertz CT molecular complexity index is 748. The molecule has 106 valence electrons. The molecule has 0 aliphatic rings. The second-order valence-electron chi connectivity index (χ2n) is 4.60. The molecule has 0 unspecified atom stereocenters. The van der Waals surface area contributed by atoms with Gasteiger partial charge in [-0.25, -0.2) is 4.98 Å². The van der Waals surface area contributed by atoms with Crippen LogP contribution in [0.15, 0.2) is 41.8 Å². The van der Waals surface area contributed by atoms with Crippen molar-refractivity contribution in [1.29, 1.82) is 0 Å². The Morgan fingerprint density at radius 2 is 2.14 bits per heavy atom. The van der Waals surface area contributed by atoms with Crippen LogP contribution in [0.5, 0.6) is 0 Å². The minimum atomic E-state index is -0.183. The van der Waals surface area contributed by atoms with Gasteiger partial charge in [-0.05, 0) is 13.0 Å². The number of hydrogen-bond donors (Lipinski definition) is 2. The van der Waals surface area contributed by atoms with Crippen molar-refractivity contribution in [2.24, 2.45) is 0 Å². The van der Waals surface area contributed by atoms with Crippen LogP contribution in [0.1, 0.15) is 21.2 Å². The molecule has 0 atom stereocenters. The molecule has 0 bridgehead atoms. The summed E-state index contributed by atoms with van der Waals surface area (Å²) in [5, 5.41) is 12.6. The summed E-state index contributed by atoms with van der Waals surface area (Å²) in [6.07, 6.45) is 0. The predicted octanol–water partition coefficient (Wildman–Crippen LogP) is 2.77. The highest BCUT2D eigenvalue weighted by atomic mass is 32.1. The molecule has 3 rings (SSSR count). The van der Waals surface area contributed by atoms with Gasteiger partial charge in [0.1, 0.15) is 10.7 Å². The second kappa shape index (κ2) is 5.88. The Balaban J connectivity index is 1.67. The van der Waals surface area contributed by atoms with E-state index in [1.54, 1.807) is 6.07 Å². The molecule has 0 fully saturated rings. The highest BCUT2D eigenvalue weighted by Gasteiger charge is 2.11. The van der Waals surface area contributed by atoms with E-state index in [2.05, 4.69) is 20.5 Å². The fourth-order valence-corrected chi connectivity index (χ4v) is 2.64. The summed E-state index contributed by atoms with van der Waals surface area (Å²) in [6.45, 7) is 2.36. The number of amides is 1. The molecule has 0 saturated carbocycles. The molecular formula is C15H14N4OS. The molecule has 3 aromatic rings. The van der Waals surface area contributed by atoms with Gasteiger partial charge in [-0.2, -0.15) is 5.10 Å². The zero-order valence-corrected chi connectivity index (χ0v) is 12.3. The molecular weight excluding hydrogens is 284 g/mol. The SMILES string of the molecule is Cc1csc(CNC(=O)c2cc(-c3ccccc3)n[nH]2)n1. The zero-order chi connectivity index (χ0) is 14.7. The molecule has 2 heterocycles. The lowest BCUT2D eigenvalue weighted by Crippen LogP contribution is -2.23. The number of carbonyl (C=O) groups excluding carboxylic acids is 1. The van der Waals surface area contributed by atoms with Gasteiger partial charge >= 0.3 is 0 Å². The maximum Gasteiger partial charge on any atom is 0.269 e. The fraction of sp³-hybridized carbons (Fsp3) is 0.133. The zero-order valence-electron chi connectivity index (χ0n) is 11.5. The van der Waals surface area contributed by atoms with Gasteiger partial charge in [0.05, 0.1) is 12.2 Å². The molecule has 0 spiro atoms. The topological polar surface area (TPSA) is 70.7 Å². The van der Waals surface area contributed by atoms with Crippen molar-refractivity contribution in [2.75, 3.05) is 0 Å². The number of rotatable bonds is 4. The second-order valence-corrected chi connectivity index (χ2v) is 5.54. The summed E-state index contributed by atoms with van der Waals surface area (Å²) in [7, 11) is 0. The van der Waals surface area contributed by atoms with Crippen LogP contribution in [0.3, 0.4) is 0 Å². The molecule has 1 aromatic carbocycles. The molecule has 21 heavy (non-hydrogen) atoms. The van der Waals surface area contributed by atoms with Crippen molar-refractivity contribution in [1.82, 2.24) is 20.5 Å². The standard InChI is InChI=1S/C15H14N4OS/c1-10-9-21-14(17-10)8-16-15(20)13-7-12(18-19-13)11-5-3-2-4-6-11/h2-7,9H,8H2,1H3,(H,16,20)(H,18,19). The number of benzene rings is 1. The first-order valence-electron chi connectivity index (χ1n) is 6.52. The summed E-state index contributed by atoms with van der Waals surface area (Å²) < 4.78 is 0. The van der Waals surface area contributed by atoms with Crippen LogP contribution >= 0.6 is 11.3 Å². The highest BCUT2D eigenvalue weighted by Crippen LogP contribution is 2.17. The van der Waals surface area contributed by atoms with Crippen LogP contribution in [-0.4, -0.2) is 21.1 Å². The number of aryl methyl sites for hydroxylation is 1. The largest absolute Gasteiger partial charge is 0.344 e. The monoisotopic (exact) mass is 298 g/mol. The normalized spacial score (nSPS) is 10.5. The predicted molar refractivity (Wildman–Crippen MR) is 82.0 cm³/mol. The average molecular weight is 298 g/mol. The van der Waals surface area contributed by atoms with E-state index < -0.39 is 0 Å². The Labute approximate surface area is 126 Å². The first-order valence-corrected chi connectivity index (χ1v) is 7.40. The van der Waals surface area contributed by atoms with Crippen LogP contribution < -0.4 is 5.32 Å². The summed E-state index contributed by atoms with van der Waals surface area (Å²) in [6, 6.07) is 11.5. The highest BCUT2D eigenvalue weighted by molar-refractivity contribution is 7.09. The number of nitrogens with one attached hydrogen (secondary N) is 2. The number of carbonyl (C=O) groups is 1. The van der Waals surface area contributed by atoms with Crippen LogP contribution in [0.4, 0.5) is 0 Å². The van der Waals surface area contributed by atoms with E-state index in [4.69, 9.17) is 0 Å². The average Bonchev–Trinajstić information content (AvgIpc) is 3.15. The Hall–Kier alpha value is -2.47. The number of nitrogens with zero attached hydrogens (tertiary/aromatic N) is 2. The van der Waals surface area contributed by atoms with Crippen molar-refractivity contribution in [3.05, 3.63) is 58.2 Å². The van der Waals surface area contributed by atoms with E-state index in [1.807, 2.05) is 42.6 Å². The lowest BCUT2D eigenvalue weighted by molar-refractivity contribution is 0.0946. The van der Waals surface area contributed by atoms with Gasteiger partial charge < -0.3 is 5.32 Å². The van der Waals surface area contributed by atoms with Crippen LogP contribution in [0, 0.1) is 6.92 Å². The number of aromatic amines is 1. The number of hydrogen-bond acceptors (Lipinski definition) is 4. The first-order chi connectivity index (χ1) is 10.2. The third-order valence-corrected chi connectivity index (χ3v) is 3.93. The number of aromatic nitrogens is 3. The van der Waals surface area contributed by atoms with Crippen LogP contribution in [0.2, 0.25) is 0 Å². The van der Waals surface area contributed by atoms with Gasteiger partial charge in [-0.15, -0.1) is 11.3 Å². The van der Waals surface area contributed by atoms with E-state index in [-0.39, 0.29) is 5.91 Å². The number of thiazole rings is 1. The van der Waals surface area contributed by atoms with Gasteiger partial charge in [0, 0.05) is 16.6 Å². The van der Waals surface area contributed by atoms with Crippen molar-refractivity contribution >= 4 is 17.2 Å². The van der Waals surface area contributed by atoms with Crippen molar-refractivity contribution in [3.63, 3.8) is 0 Å². The Morgan fingerprint density at radius 3 is 2.86 bits per heavy atom. The fourth-order valence-electron chi connectivity index (χ4n) is 1.93. The summed E-state index contributed by atoms with van der Waals surface area (Å²) in [4.78, 5) is 16.4. The van der Waals surface area contributed by atoms with Gasteiger partial charge in [0.25, 0.3) is 5.91 Å². The van der Waals surface area contributed by atoms with Gasteiger partial charge in [0.15, 0.2) is 0 Å². The molecule has 0 aliphatic carbocycles. The van der Waals surface area contributed by atoms with Crippen molar-refractivity contribution < 1.29 is 4.79 Å². The molecule has 0 aliphatic heterocycles.